The van der Waals surface area contributed by atoms with Gasteiger partial charge in [0.1, 0.15) is 0 Å². The zero-order valence-electron chi connectivity index (χ0n) is 11.2. The van der Waals surface area contributed by atoms with Gasteiger partial charge in [-0.05, 0) is 37.1 Å². The van der Waals surface area contributed by atoms with E-state index in [1.54, 1.807) is 17.2 Å². The first-order valence-electron chi connectivity index (χ1n) is 6.87. The van der Waals surface area contributed by atoms with Crippen molar-refractivity contribution >= 4 is 5.91 Å². The normalized spacial score (nSPS) is 25.9. The van der Waals surface area contributed by atoms with Crippen LogP contribution in [0.3, 0.4) is 0 Å². The van der Waals surface area contributed by atoms with Gasteiger partial charge in [-0.1, -0.05) is 6.08 Å². The lowest BCUT2D eigenvalue weighted by Crippen LogP contribution is -2.45. The highest BCUT2D eigenvalue weighted by Gasteiger charge is 2.29. The molecule has 20 heavy (non-hydrogen) atoms. The highest BCUT2D eigenvalue weighted by molar-refractivity contribution is 5.95. The van der Waals surface area contributed by atoms with Crippen molar-refractivity contribution in [2.24, 2.45) is 0 Å². The third kappa shape index (κ3) is 2.55. The van der Waals surface area contributed by atoms with E-state index in [1.165, 1.54) is 0 Å². The van der Waals surface area contributed by atoms with E-state index in [-0.39, 0.29) is 11.9 Å². The molecule has 0 aromatic rings. The summed E-state index contributed by atoms with van der Waals surface area (Å²) in [5.41, 5.74) is 1.25. The molecule has 1 unspecified atom stereocenters. The fraction of sp³-hybridized carbons (Fsp3) is 0.400. The van der Waals surface area contributed by atoms with Gasteiger partial charge < -0.3 is 20.1 Å². The maximum absolute atomic E-state index is 12.3. The quantitative estimate of drug-likeness (QED) is 0.782. The molecule has 0 aromatic carbocycles. The van der Waals surface area contributed by atoms with Crippen molar-refractivity contribution in [1.29, 1.82) is 0 Å². The third-order valence-corrected chi connectivity index (χ3v) is 3.72. The summed E-state index contributed by atoms with van der Waals surface area (Å²) in [6.45, 7) is 1.35. The molecule has 0 bridgehead atoms. The second-order valence-corrected chi connectivity index (χ2v) is 5.06. The number of fused-ring (bicyclic) bond motifs is 1. The van der Waals surface area contributed by atoms with Crippen molar-refractivity contribution in [3.8, 4) is 0 Å². The van der Waals surface area contributed by atoms with E-state index in [0.29, 0.717) is 18.8 Å². The average Bonchev–Trinajstić information content (AvgIpc) is 2.49. The molecule has 3 heterocycles. The average molecular weight is 274 g/mol. The van der Waals surface area contributed by atoms with Crippen LogP contribution in [0.1, 0.15) is 12.8 Å². The monoisotopic (exact) mass is 274 g/mol. The molecule has 0 radical (unpaired) electrons. The summed E-state index contributed by atoms with van der Waals surface area (Å²) >= 11 is 0. The number of nitrogens with one attached hydrogen (secondary N) is 1. The van der Waals surface area contributed by atoms with Crippen molar-refractivity contribution in [3.05, 3.63) is 47.9 Å². The molecule has 106 valence electrons. The number of hydrogen-bond acceptors (Lipinski definition) is 4. The molecule has 5 nitrogen and oxygen atoms in total. The number of allylic oxidation sites excluding steroid dienone is 5. The highest BCUT2D eigenvalue weighted by Crippen LogP contribution is 2.24. The SMILES string of the molecule is O=C(NC1CCOCC1)C1=CC=C2C=CC=CN2C1O. The summed E-state index contributed by atoms with van der Waals surface area (Å²) < 4.78 is 5.27. The predicted octanol–water partition coefficient (Wildman–Crippen LogP) is 0.809. The summed E-state index contributed by atoms with van der Waals surface area (Å²) in [5.74, 6) is -0.206. The Bertz CT molecular complexity index is 513. The molecule has 3 aliphatic heterocycles. The molecule has 5 heteroatoms. The third-order valence-electron chi connectivity index (χ3n) is 3.72. The molecule has 0 spiro atoms. The van der Waals surface area contributed by atoms with Gasteiger partial charge in [0.15, 0.2) is 6.23 Å². The van der Waals surface area contributed by atoms with E-state index in [0.717, 1.165) is 18.5 Å². The Morgan fingerprint density at radius 3 is 2.90 bits per heavy atom. The van der Waals surface area contributed by atoms with Gasteiger partial charge in [0.25, 0.3) is 5.91 Å². The smallest absolute Gasteiger partial charge is 0.251 e. The lowest BCUT2D eigenvalue weighted by molar-refractivity contribution is -0.120. The van der Waals surface area contributed by atoms with Gasteiger partial charge in [0, 0.05) is 31.2 Å². The first-order chi connectivity index (χ1) is 9.75. The van der Waals surface area contributed by atoms with Crippen LogP contribution in [0.25, 0.3) is 0 Å². The molecule has 3 rings (SSSR count). The zero-order chi connectivity index (χ0) is 13.9. The van der Waals surface area contributed by atoms with Crippen LogP contribution in [-0.2, 0) is 9.53 Å². The van der Waals surface area contributed by atoms with Crippen LogP contribution in [0.15, 0.2) is 47.9 Å². The van der Waals surface area contributed by atoms with Crippen molar-refractivity contribution in [2.45, 2.75) is 25.1 Å². The van der Waals surface area contributed by atoms with E-state index in [2.05, 4.69) is 5.32 Å². The summed E-state index contributed by atoms with van der Waals surface area (Å²) in [4.78, 5) is 14.0. The molecular weight excluding hydrogens is 256 g/mol. The van der Waals surface area contributed by atoms with E-state index in [9.17, 15) is 9.90 Å². The first-order valence-corrected chi connectivity index (χ1v) is 6.87. The number of aliphatic hydroxyl groups is 1. The second kappa shape index (κ2) is 5.64. The van der Waals surface area contributed by atoms with E-state index in [4.69, 9.17) is 4.74 Å². The van der Waals surface area contributed by atoms with Crippen LogP contribution in [0.5, 0.6) is 0 Å². The van der Waals surface area contributed by atoms with Crippen molar-refractivity contribution in [2.75, 3.05) is 13.2 Å². The van der Waals surface area contributed by atoms with Crippen LogP contribution >= 0.6 is 0 Å². The van der Waals surface area contributed by atoms with Crippen LogP contribution in [0.2, 0.25) is 0 Å². The molecule has 1 fully saturated rings. The number of amides is 1. The number of ether oxygens (including phenoxy) is 1. The minimum atomic E-state index is -0.934. The summed E-state index contributed by atoms with van der Waals surface area (Å²) in [6.07, 6.45) is 11.6. The maximum Gasteiger partial charge on any atom is 0.251 e. The predicted molar refractivity (Wildman–Crippen MR) is 74.3 cm³/mol. The molecule has 1 amide bonds. The number of aliphatic hydroxyl groups excluding tert-OH is 1. The molecule has 0 aromatic heterocycles. The lowest BCUT2D eigenvalue weighted by Gasteiger charge is -2.33. The van der Waals surface area contributed by atoms with Crippen LogP contribution in [0, 0.1) is 0 Å². The number of rotatable bonds is 2. The number of carbonyl (C=O) groups is 1. The summed E-state index contributed by atoms with van der Waals surface area (Å²) in [5, 5.41) is 13.3. The standard InChI is InChI=1S/C15H18N2O3/c18-14(16-11-6-9-20-10-7-11)13-5-4-12-3-1-2-8-17(12)15(13)19/h1-5,8,11,15,19H,6-7,9-10H2,(H,16,18). The lowest BCUT2D eigenvalue weighted by atomic mass is 10.0. The largest absolute Gasteiger partial charge is 0.381 e. The topological polar surface area (TPSA) is 61.8 Å². The Morgan fingerprint density at radius 1 is 1.30 bits per heavy atom. The Hall–Kier alpha value is -1.85. The zero-order valence-corrected chi connectivity index (χ0v) is 11.2. The Morgan fingerprint density at radius 2 is 2.10 bits per heavy atom. The Kier molecular flexibility index (Phi) is 3.71. The Balaban J connectivity index is 1.71. The van der Waals surface area contributed by atoms with Gasteiger partial charge in [-0.3, -0.25) is 4.79 Å². The molecule has 0 aliphatic carbocycles. The minimum Gasteiger partial charge on any atom is -0.381 e. The molecular formula is C15H18N2O3. The van der Waals surface area contributed by atoms with Gasteiger partial charge in [-0.25, -0.2) is 0 Å². The fourth-order valence-electron chi connectivity index (χ4n) is 2.55. The van der Waals surface area contributed by atoms with E-state index >= 15 is 0 Å². The van der Waals surface area contributed by atoms with Crippen molar-refractivity contribution in [1.82, 2.24) is 10.2 Å². The van der Waals surface area contributed by atoms with E-state index < -0.39 is 6.23 Å². The van der Waals surface area contributed by atoms with Gasteiger partial charge >= 0.3 is 0 Å². The molecule has 2 N–H and O–H groups in total. The summed E-state index contributed by atoms with van der Waals surface area (Å²) in [6, 6.07) is 0.131. The van der Waals surface area contributed by atoms with Crippen LogP contribution in [0.4, 0.5) is 0 Å². The fourth-order valence-corrected chi connectivity index (χ4v) is 2.55. The minimum absolute atomic E-state index is 0.131. The molecule has 1 atom stereocenters. The van der Waals surface area contributed by atoms with Crippen LogP contribution in [-0.4, -0.2) is 41.4 Å². The van der Waals surface area contributed by atoms with Crippen molar-refractivity contribution < 1.29 is 14.6 Å². The number of hydrogen-bond donors (Lipinski definition) is 2. The van der Waals surface area contributed by atoms with Gasteiger partial charge in [-0.2, -0.15) is 0 Å². The van der Waals surface area contributed by atoms with Gasteiger partial charge in [0.2, 0.25) is 0 Å². The van der Waals surface area contributed by atoms with Gasteiger partial charge in [-0.15, -0.1) is 0 Å². The molecule has 1 saturated heterocycles. The number of carbonyl (C=O) groups excluding carboxylic acids is 1. The number of nitrogens with zero attached hydrogens (tertiary/aromatic N) is 1. The molecule has 3 aliphatic rings. The highest BCUT2D eigenvalue weighted by atomic mass is 16.5. The van der Waals surface area contributed by atoms with E-state index in [1.807, 2.05) is 24.3 Å². The second-order valence-electron chi connectivity index (χ2n) is 5.06. The Labute approximate surface area is 117 Å². The van der Waals surface area contributed by atoms with Crippen molar-refractivity contribution in [3.63, 3.8) is 0 Å². The molecule has 0 saturated carbocycles. The first kappa shape index (κ1) is 13.1. The summed E-state index contributed by atoms with van der Waals surface area (Å²) in [7, 11) is 0. The van der Waals surface area contributed by atoms with Crippen LogP contribution < -0.4 is 5.32 Å². The van der Waals surface area contributed by atoms with Gasteiger partial charge in [0.05, 0.1) is 5.57 Å². The maximum atomic E-state index is 12.3.